The number of benzene rings is 1. The number of aromatic nitrogens is 1. The van der Waals surface area contributed by atoms with Gasteiger partial charge in [-0.15, -0.1) is 0 Å². The summed E-state index contributed by atoms with van der Waals surface area (Å²) in [4.78, 5) is 40.7. The number of rotatable bonds is 2. The third-order valence-corrected chi connectivity index (χ3v) is 3.31. The van der Waals surface area contributed by atoms with Crippen molar-refractivity contribution in [2.24, 2.45) is 0 Å². The molecular weight excluding hydrogens is 272 g/mol. The van der Waals surface area contributed by atoms with Crippen molar-refractivity contribution in [1.82, 2.24) is 4.98 Å². The van der Waals surface area contributed by atoms with Gasteiger partial charge in [-0.05, 0) is 17.7 Å². The minimum absolute atomic E-state index is 0.00509. The summed E-state index contributed by atoms with van der Waals surface area (Å²) in [7, 11) is 0. The number of carboxylic acid groups (broad SMARTS) is 1. The van der Waals surface area contributed by atoms with E-state index in [1.165, 1.54) is 18.5 Å². The Bertz CT molecular complexity index is 770. The Labute approximate surface area is 119 Å². The molecule has 0 atom stereocenters. The Morgan fingerprint density at radius 3 is 2.71 bits per heavy atom. The lowest BCUT2D eigenvalue weighted by Gasteiger charge is -2.27. The minimum atomic E-state index is -1.22. The summed E-state index contributed by atoms with van der Waals surface area (Å²) in [5, 5.41) is 9.19. The van der Waals surface area contributed by atoms with E-state index in [1.807, 2.05) is 0 Å². The van der Waals surface area contributed by atoms with Crippen LogP contribution in [-0.2, 0) is 11.2 Å². The number of nitrogens with zero attached hydrogens (tertiary/aromatic N) is 2. The van der Waals surface area contributed by atoms with Gasteiger partial charge in [-0.3, -0.25) is 14.6 Å². The average Bonchev–Trinajstić information content (AvgIpc) is 2.47. The Hall–Kier alpha value is -3.02. The summed E-state index contributed by atoms with van der Waals surface area (Å²) in [5.41, 5.74) is 0.905. The first-order chi connectivity index (χ1) is 10.1. The highest BCUT2D eigenvalue weighted by atomic mass is 16.4. The van der Waals surface area contributed by atoms with E-state index >= 15 is 0 Å². The van der Waals surface area contributed by atoms with Crippen molar-refractivity contribution in [1.29, 1.82) is 0 Å². The fourth-order valence-corrected chi connectivity index (χ4v) is 2.35. The number of aromatic carboxylic acids is 1. The van der Waals surface area contributed by atoms with Crippen LogP contribution in [0, 0.1) is 0 Å². The number of anilines is 1. The number of carbonyl (C=O) groups is 3. The smallest absolute Gasteiger partial charge is 0.337 e. The highest BCUT2D eigenvalue weighted by Crippen LogP contribution is 2.27. The number of carboxylic acids is 1. The van der Waals surface area contributed by atoms with Crippen molar-refractivity contribution in [3.8, 4) is 0 Å². The third-order valence-electron chi connectivity index (χ3n) is 3.31. The van der Waals surface area contributed by atoms with Crippen LogP contribution < -0.4 is 4.90 Å². The molecule has 104 valence electrons. The normalized spacial score (nSPS) is 14.0. The van der Waals surface area contributed by atoms with Gasteiger partial charge in [-0.1, -0.05) is 18.2 Å². The maximum atomic E-state index is 12.5. The standard InChI is InChI=1S/C15H10N2O4/c18-13-7-9-3-1-2-4-10(9)14(19)17(13)12-8-16-6-5-11(12)15(20)21/h1-6,8H,7H2,(H,20,21). The Morgan fingerprint density at radius 2 is 1.95 bits per heavy atom. The summed E-state index contributed by atoms with van der Waals surface area (Å²) in [5.74, 6) is -2.21. The van der Waals surface area contributed by atoms with Crippen LogP contribution in [0.15, 0.2) is 42.7 Å². The molecule has 1 N–H and O–H groups in total. The van der Waals surface area contributed by atoms with Crippen LogP contribution in [0.1, 0.15) is 26.3 Å². The molecule has 0 fully saturated rings. The van der Waals surface area contributed by atoms with E-state index in [-0.39, 0.29) is 17.7 Å². The number of pyridine rings is 1. The monoisotopic (exact) mass is 282 g/mol. The van der Waals surface area contributed by atoms with Crippen LogP contribution in [0.3, 0.4) is 0 Å². The number of fused-ring (bicyclic) bond motifs is 1. The van der Waals surface area contributed by atoms with Gasteiger partial charge in [0.15, 0.2) is 0 Å². The third kappa shape index (κ3) is 2.06. The van der Waals surface area contributed by atoms with E-state index in [0.717, 1.165) is 4.90 Å². The summed E-state index contributed by atoms with van der Waals surface area (Å²) >= 11 is 0. The van der Waals surface area contributed by atoms with Crippen molar-refractivity contribution in [3.63, 3.8) is 0 Å². The number of imide groups is 1. The summed E-state index contributed by atoms with van der Waals surface area (Å²) < 4.78 is 0. The summed E-state index contributed by atoms with van der Waals surface area (Å²) in [6, 6.07) is 8.05. The van der Waals surface area contributed by atoms with Crippen LogP contribution in [0.25, 0.3) is 0 Å². The number of hydrogen-bond donors (Lipinski definition) is 1. The van der Waals surface area contributed by atoms with Crippen molar-refractivity contribution in [2.45, 2.75) is 6.42 Å². The molecule has 6 heteroatoms. The first-order valence-corrected chi connectivity index (χ1v) is 6.22. The van der Waals surface area contributed by atoms with Gasteiger partial charge in [0.05, 0.1) is 23.9 Å². The topological polar surface area (TPSA) is 87.6 Å². The molecule has 21 heavy (non-hydrogen) atoms. The molecule has 0 saturated heterocycles. The second-order valence-electron chi connectivity index (χ2n) is 4.57. The molecule has 0 saturated carbocycles. The van der Waals surface area contributed by atoms with Gasteiger partial charge >= 0.3 is 5.97 Å². The molecule has 1 aromatic carbocycles. The molecule has 2 amide bonds. The lowest BCUT2D eigenvalue weighted by molar-refractivity contribution is -0.117. The molecule has 0 spiro atoms. The predicted molar refractivity (Wildman–Crippen MR) is 73.2 cm³/mol. The molecule has 1 aliphatic rings. The SMILES string of the molecule is O=C(O)c1ccncc1N1C(=O)Cc2ccccc2C1=O. The summed E-state index contributed by atoms with van der Waals surface area (Å²) in [6.07, 6.45) is 2.57. The van der Waals surface area contributed by atoms with E-state index in [9.17, 15) is 19.5 Å². The maximum Gasteiger partial charge on any atom is 0.337 e. The average molecular weight is 282 g/mol. The Balaban J connectivity index is 2.14. The van der Waals surface area contributed by atoms with Crippen molar-refractivity contribution < 1.29 is 19.5 Å². The first-order valence-electron chi connectivity index (χ1n) is 6.22. The van der Waals surface area contributed by atoms with E-state index in [2.05, 4.69) is 4.98 Å². The van der Waals surface area contributed by atoms with Crippen LogP contribution in [0.2, 0.25) is 0 Å². The molecule has 2 heterocycles. The largest absolute Gasteiger partial charge is 0.478 e. The zero-order valence-electron chi connectivity index (χ0n) is 10.8. The van der Waals surface area contributed by atoms with Crippen LogP contribution >= 0.6 is 0 Å². The van der Waals surface area contributed by atoms with Crippen molar-refractivity contribution >= 4 is 23.5 Å². The van der Waals surface area contributed by atoms with E-state index in [0.29, 0.717) is 11.1 Å². The molecule has 1 aliphatic heterocycles. The van der Waals surface area contributed by atoms with Gasteiger partial charge in [-0.25, -0.2) is 9.69 Å². The fourth-order valence-electron chi connectivity index (χ4n) is 2.35. The molecule has 6 nitrogen and oxygen atoms in total. The maximum absolute atomic E-state index is 12.5. The molecule has 0 aliphatic carbocycles. The molecule has 0 unspecified atom stereocenters. The van der Waals surface area contributed by atoms with Gasteiger partial charge in [0.1, 0.15) is 0 Å². The molecule has 2 aromatic rings. The minimum Gasteiger partial charge on any atom is -0.478 e. The molecule has 0 radical (unpaired) electrons. The zero-order valence-corrected chi connectivity index (χ0v) is 10.8. The lowest BCUT2D eigenvalue weighted by atomic mass is 9.97. The van der Waals surface area contributed by atoms with Gasteiger partial charge in [-0.2, -0.15) is 0 Å². The number of amides is 2. The number of hydrogen-bond acceptors (Lipinski definition) is 4. The fraction of sp³-hybridized carbons (Fsp3) is 0.0667. The van der Waals surface area contributed by atoms with Crippen LogP contribution in [0.4, 0.5) is 5.69 Å². The van der Waals surface area contributed by atoms with Crippen molar-refractivity contribution in [3.05, 3.63) is 59.4 Å². The van der Waals surface area contributed by atoms with Crippen LogP contribution in [0.5, 0.6) is 0 Å². The predicted octanol–water partition coefficient (Wildman–Crippen LogP) is 1.51. The second kappa shape index (κ2) is 4.82. The molecule has 1 aromatic heterocycles. The van der Waals surface area contributed by atoms with Gasteiger partial charge in [0.2, 0.25) is 5.91 Å². The second-order valence-corrected chi connectivity index (χ2v) is 4.57. The van der Waals surface area contributed by atoms with E-state index < -0.39 is 17.8 Å². The lowest BCUT2D eigenvalue weighted by Crippen LogP contribution is -2.43. The zero-order chi connectivity index (χ0) is 15.0. The Kier molecular flexibility index (Phi) is 2.98. The molecular formula is C15H10N2O4. The van der Waals surface area contributed by atoms with E-state index in [4.69, 9.17) is 0 Å². The van der Waals surface area contributed by atoms with Gasteiger partial charge < -0.3 is 5.11 Å². The highest BCUT2D eigenvalue weighted by molar-refractivity contribution is 6.26. The first kappa shape index (κ1) is 13.0. The highest BCUT2D eigenvalue weighted by Gasteiger charge is 2.34. The summed E-state index contributed by atoms with van der Waals surface area (Å²) in [6.45, 7) is 0. The van der Waals surface area contributed by atoms with Gasteiger partial charge in [0.25, 0.3) is 5.91 Å². The van der Waals surface area contributed by atoms with Gasteiger partial charge in [0, 0.05) is 11.8 Å². The Morgan fingerprint density at radius 1 is 1.19 bits per heavy atom. The van der Waals surface area contributed by atoms with E-state index in [1.54, 1.807) is 24.3 Å². The quantitative estimate of drug-likeness (QED) is 0.843. The molecule has 3 rings (SSSR count). The van der Waals surface area contributed by atoms with Crippen molar-refractivity contribution in [2.75, 3.05) is 4.90 Å². The molecule has 0 bridgehead atoms. The number of carbonyl (C=O) groups excluding carboxylic acids is 2. The van der Waals surface area contributed by atoms with Crippen LogP contribution in [-0.4, -0.2) is 27.9 Å².